The van der Waals surface area contributed by atoms with Gasteiger partial charge < -0.3 is 14.7 Å². The molecule has 1 aliphatic heterocycles. The summed E-state index contributed by atoms with van der Waals surface area (Å²) in [6.45, 7) is 3.14. The van der Waals surface area contributed by atoms with Crippen molar-refractivity contribution in [3.05, 3.63) is 40.4 Å². The molecule has 0 spiro atoms. The summed E-state index contributed by atoms with van der Waals surface area (Å²) in [5, 5.41) is 9.39. The van der Waals surface area contributed by atoms with E-state index >= 15 is 0 Å². The van der Waals surface area contributed by atoms with Crippen molar-refractivity contribution < 1.29 is 19.4 Å². The van der Waals surface area contributed by atoms with Crippen molar-refractivity contribution in [2.45, 2.75) is 32.4 Å². The minimum atomic E-state index is -0.951. The Morgan fingerprint density at radius 3 is 2.96 bits per heavy atom. The molecule has 8 heteroatoms. The van der Waals surface area contributed by atoms with E-state index < -0.39 is 12.1 Å². The van der Waals surface area contributed by atoms with Crippen molar-refractivity contribution in [3.63, 3.8) is 0 Å². The molecule has 0 radical (unpaired) electrons. The molecule has 0 bridgehead atoms. The van der Waals surface area contributed by atoms with Crippen LogP contribution in [0.3, 0.4) is 0 Å². The molecule has 8 nitrogen and oxygen atoms in total. The fourth-order valence-electron chi connectivity index (χ4n) is 3.14. The average molecular weight is 359 g/mol. The summed E-state index contributed by atoms with van der Waals surface area (Å²) in [6, 6.07) is 5.44. The van der Waals surface area contributed by atoms with Crippen LogP contribution in [-0.2, 0) is 20.9 Å². The molecule has 1 amide bonds. The number of carboxylic acid groups (broad SMARTS) is 1. The molecule has 26 heavy (non-hydrogen) atoms. The Morgan fingerprint density at radius 2 is 2.19 bits per heavy atom. The number of carboxylic acids is 1. The topological polar surface area (TPSA) is 102 Å². The van der Waals surface area contributed by atoms with Gasteiger partial charge in [-0.15, -0.1) is 0 Å². The number of morpholine rings is 1. The lowest BCUT2D eigenvalue weighted by molar-refractivity contribution is -0.147. The Labute approximate surface area is 150 Å². The van der Waals surface area contributed by atoms with Gasteiger partial charge in [-0.2, -0.15) is 0 Å². The van der Waals surface area contributed by atoms with E-state index in [1.54, 1.807) is 11.0 Å². The quantitative estimate of drug-likeness (QED) is 0.847. The van der Waals surface area contributed by atoms with E-state index in [0.717, 1.165) is 5.56 Å². The number of rotatable bonds is 5. The van der Waals surface area contributed by atoms with Crippen LogP contribution >= 0.6 is 0 Å². The first-order chi connectivity index (χ1) is 12.5. The molecule has 1 aliphatic rings. The van der Waals surface area contributed by atoms with Crippen LogP contribution in [0, 0.1) is 6.92 Å². The monoisotopic (exact) mass is 359 g/mol. The molecule has 1 unspecified atom stereocenters. The first-order valence-corrected chi connectivity index (χ1v) is 8.51. The number of ether oxygens (including phenoxy) is 1. The van der Waals surface area contributed by atoms with Crippen LogP contribution in [0.2, 0.25) is 0 Å². The summed E-state index contributed by atoms with van der Waals surface area (Å²) in [5.41, 5.74) is 1.43. The number of aryl methyl sites for hydroxylation is 2. The second kappa shape index (κ2) is 7.65. The predicted octanol–water partition coefficient (Wildman–Crippen LogP) is 0.797. The molecule has 1 atom stereocenters. The number of carbonyl (C=O) groups excluding carboxylic acids is 1. The number of aliphatic carboxylic acids is 1. The molecule has 2 aromatic rings. The average Bonchev–Trinajstić information content (AvgIpc) is 2.61. The fraction of sp³-hybridized carbons (Fsp3) is 0.444. The molecule has 1 N–H and O–H groups in total. The van der Waals surface area contributed by atoms with Crippen LogP contribution < -0.4 is 5.56 Å². The summed E-state index contributed by atoms with van der Waals surface area (Å²) >= 11 is 0. The zero-order valence-electron chi connectivity index (χ0n) is 14.6. The van der Waals surface area contributed by atoms with E-state index in [2.05, 4.69) is 4.98 Å². The van der Waals surface area contributed by atoms with Gasteiger partial charge in [-0.25, -0.2) is 4.98 Å². The van der Waals surface area contributed by atoms with Gasteiger partial charge in [0.15, 0.2) is 0 Å². The molecule has 1 fully saturated rings. The number of hydrogen-bond acceptors (Lipinski definition) is 5. The van der Waals surface area contributed by atoms with Gasteiger partial charge in [-0.05, 0) is 18.6 Å². The number of carbonyl (C=O) groups is 2. The van der Waals surface area contributed by atoms with Gasteiger partial charge in [-0.3, -0.25) is 19.0 Å². The largest absolute Gasteiger partial charge is 0.481 e. The van der Waals surface area contributed by atoms with Crippen molar-refractivity contribution in [2.75, 3.05) is 19.7 Å². The SMILES string of the molecule is Cc1cccc2c(=O)n(CCC(=O)N3CCOC(CC(=O)O)C3)cnc12. The highest BCUT2D eigenvalue weighted by Gasteiger charge is 2.25. The lowest BCUT2D eigenvalue weighted by Crippen LogP contribution is -2.46. The van der Waals surface area contributed by atoms with E-state index in [0.29, 0.717) is 24.1 Å². The number of aromatic nitrogens is 2. The molecule has 1 aromatic heterocycles. The number of fused-ring (bicyclic) bond motifs is 1. The Kier molecular flexibility index (Phi) is 5.32. The van der Waals surface area contributed by atoms with E-state index in [1.807, 2.05) is 19.1 Å². The molecule has 2 heterocycles. The standard InChI is InChI=1S/C18H21N3O5/c1-12-3-2-4-14-17(12)19-11-21(18(14)25)6-5-15(22)20-7-8-26-13(10-20)9-16(23)24/h2-4,11,13H,5-10H2,1H3,(H,23,24). The highest BCUT2D eigenvalue weighted by Crippen LogP contribution is 2.12. The van der Waals surface area contributed by atoms with E-state index in [-0.39, 0.29) is 37.4 Å². The van der Waals surface area contributed by atoms with Crippen LogP contribution in [0.15, 0.2) is 29.3 Å². The number of benzene rings is 1. The van der Waals surface area contributed by atoms with Crippen LogP contribution in [0.1, 0.15) is 18.4 Å². The van der Waals surface area contributed by atoms with Gasteiger partial charge in [0.25, 0.3) is 5.56 Å². The molecule has 1 aromatic carbocycles. The number of para-hydroxylation sites is 1. The molecular formula is C18H21N3O5. The second-order valence-corrected chi connectivity index (χ2v) is 6.39. The van der Waals surface area contributed by atoms with Gasteiger partial charge in [-0.1, -0.05) is 12.1 Å². The van der Waals surface area contributed by atoms with Crippen molar-refractivity contribution in [2.24, 2.45) is 0 Å². The van der Waals surface area contributed by atoms with E-state index in [9.17, 15) is 14.4 Å². The maximum absolute atomic E-state index is 12.6. The maximum atomic E-state index is 12.6. The lowest BCUT2D eigenvalue weighted by atomic mass is 10.1. The Balaban J connectivity index is 1.66. The third-order valence-electron chi connectivity index (χ3n) is 4.52. The second-order valence-electron chi connectivity index (χ2n) is 6.39. The molecule has 138 valence electrons. The maximum Gasteiger partial charge on any atom is 0.306 e. The summed E-state index contributed by atoms with van der Waals surface area (Å²) in [4.78, 5) is 41.7. The van der Waals surface area contributed by atoms with Crippen molar-refractivity contribution in [3.8, 4) is 0 Å². The fourth-order valence-corrected chi connectivity index (χ4v) is 3.14. The Morgan fingerprint density at radius 1 is 1.38 bits per heavy atom. The highest BCUT2D eigenvalue weighted by molar-refractivity contribution is 5.80. The third-order valence-corrected chi connectivity index (χ3v) is 4.52. The van der Waals surface area contributed by atoms with Gasteiger partial charge in [0.1, 0.15) is 0 Å². The van der Waals surface area contributed by atoms with E-state index in [1.165, 1.54) is 10.9 Å². The van der Waals surface area contributed by atoms with Gasteiger partial charge in [0.2, 0.25) is 5.91 Å². The van der Waals surface area contributed by atoms with Crippen molar-refractivity contribution in [1.82, 2.24) is 14.5 Å². The lowest BCUT2D eigenvalue weighted by Gasteiger charge is -2.32. The zero-order chi connectivity index (χ0) is 18.7. The van der Waals surface area contributed by atoms with Gasteiger partial charge in [0.05, 0.1) is 36.4 Å². The highest BCUT2D eigenvalue weighted by atomic mass is 16.5. The predicted molar refractivity (Wildman–Crippen MR) is 93.9 cm³/mol. The van der Waals surface area contributed by atoms with Crippen molar-refractivity contribution >= 4 is 22.8 Å². The zero-order valence-corrected chi connectivity index (χ0v) is 14.6. The number of amides is 1. The molecule has 0 saturated carbocycles. The molecule has 1 saturated heterocycles. The minimum Gasteiger partial charge on any atom is -0.481 e. The number of nitrogens with zero attached hydrogens (tertiary/aromatic N) is 3. The Hall–Kier alpha value is -2.74. The van der Waals surface area contributed by atoms with E-state index in [4.69, 9.17) is 9.84 Å². The Bertz CT molecular complexity index is 892. The minimum absolute atomic E-state index is 0.125. The van der Waals surface area contributed by atoms with Crippen molar-refractivity contribution in [1.29, 1.82) is 0 Å². The van der Waals surface area contributed by atoms with Crippen LogP contribution in [-0.4, -0.2) is 57.2 Å². The molecule has 0 aliphatic carbocycles. The summed E-state index contributed by atoms with van der Waals surface area (Å²) in [7, 11) is 0. The first kappa shape index (κ1) is 18.1. The first-order valence-electron chi connectivity index (χ1n) is 8.51. The third kappa shape index (κ3) is 3.91. The summed E-state index contributed by atoms with van der Waals surface area (Å²) < 4.78 is 6.81. The van der Waals surface area contributed by atoms with Gasteiger partial charge in [0, 0.05) is 26.1 Å². The van der Waals surface area contributed by atoms with Gasteiger partial charge >= 0.3 is 5.97 Å². The molecular weight excluding hydrogens is 338 g/mol. The number of hydrogen-bond donors (Lipinski definition) is 1. The normalized spacial score (nSPS) is 17.4. The summed E-state index contributed by atoms with van der Waals surface area (Å²) in [5.74, 6) is -1.08. The van der Waals surface area contributed by atoms with Crippen LogP contribution in [0.5, 0.6) is 0 Å². The van der Waals surface area contributed by atoms with Crippen LogP contribution in [0.4, 0.5) is 0 Å². The molecule has 3 rings (SSSR count). The summed E-state index contributed by atoms with van der Waals surface area (Å²) in [6.07, 6.45) is 1.01. The smallest absolute Gasteiger partial charge is 0.306 e. The van der Waals surface area contributed by atoms with Crippen LogP contribution in [0.25, 0.3) is 10.9 Å².